The molecule has 5 heterocycles. The van der Waals surface area contributed by atoms with Crippen LogP contribution < -0.4 is 5.32 Å². The largest absolute Gasteiger partial charge is 0.382 e. The normalized spacial score (nSPS) is 20.2. The Bertz CT molecular complexity index is 1380. The maximum Gasteiger partial charge on any atom is 0.272 e. The molecule has 0 aromatic carbocycles. The second kappa shape index (κ2) is 10.5. The van der Waals surface area contributed by atoms with Crippen LogP contribution in [0.3, 0.4) is 0 Å². The molecule has 0 spiro atoms. The highest BCUT2D eigenvalue weighted by atomic mass is 16.5. The van der Waals surface area contributed by atoms with Crippen molar-refractivity contribution in [2.75, 3.05) is 38.7 Å². The molecule has 2 fully saturated rings. The summed E-state index contributed by atoms with van der Waals surface area (Å²) in [7, 11) is 1.70. The van der Waals surface area contributed by atoms with Crippen molar-refractivity contribution >= 4 is 23.0 Å². The van der Waals surface area contributed by atoms with E-state index in [1.54, 1.807) is 13.3 Å². The minimum atomic E-state index is 0.0403. The van der Waals surface area contributed by atoms with Crippen LogP contribution in [0.4, 0.5) is 5.95 Å². The first kappa shape index (κ1) is 23.9. The molecule has 1 saturated heterocycles. The number of aromatic nitrogens is 5. The summed E-state index contributed by atoms with van der Waals surface area (Å²) in [5.74, 6) is 0.667. The number of pyridine rings is 1. The zero-order valence-electron chi connectivity index (χ0n) is 21.2. The molecule has 37 heavy (non-hydrogen) atoms. The van der Waals surface area contributed by atoms with Gasteiger partial charge >= 0.3 is 0 Å². The van der Waals surface area contributed by atoms with Crippen molar-refractivity contribution < 1.29 is 14.3 Å². The molecule has 1 amide bonds. The predicted octanol–water partition coefficient (Wildman–Crippen LogP) is 3.67. The van der Waals surface area contributed by atoms with Crippen molar-refractivity contribution in [3.05, 3.63) is 48.7 Å². The maximum absolute atomic E-state index is 13.0. The van der Waals surface area contributed by atoms with Gasteiger partial charge in [-0.25, -0.2) is 14.5 Å². The molecule has 0 unspecified atom stereocenters. The average Bonchev–Trinajstić information content (AvgIpc) is 3.69. The second-order valence-electron chi connectivity index (χ2n) is 9.91. The Morgan fingerprint density at radius 3 is 2.70 bits per heavy atom. The molecule has 1 saturated carbocycles. The van der Waals surface area contributed by atoms with Crippen LogP contribution in [0.2, 0.25) is 0 Å². The van der Waals surface area contributed by atoms with Gasteiger partial charge in [0.25, 0.3) is 5.91 Å². The molecular weight excluding hydrogens is 470 g/mol. The fraction of sp³-hybridized carbons (Fsp3) is 0.481. The first-order valence-corrected chi connectivity index (χ1v) is 13.2. The molecular formula is C27H33N7O3. The van der Waals surface area contributed by atoms with Gasteiger partial charge in [-0.1, -0.05) is 0 Å². The van der Waals surface area contributed by atoms with Gasteiger partial charge in [-0.3, -0.25) is 9.20 Å². The summed E-state index contributed by atoms with van der Waals surface area (Å²) >= 11 is 0. The molecule has 0 radical (unpaired) electrons. The Balaban J connectivity index is 1.17. The number of likely N-dealkylation sites (tertiary alicyclic amines) is 1. The number of nitrogens with one attached hydrogen (secondary N) is 1. The van der Waals surface area contributed by atoms with E-state index < -0.39 is 0 Å². The fourth-order valence-electron chi connectivity index (χ4n) is 5.45. The van der Waals surface area contributed by atoms with Crippen molar-refractivity contribution in [3.8, 4) is 11.1 Å². The van der Waals surface area contributed by atoms with E-state index in [1.807, 2.05) is 50.6 Å². The zero-order chi connectivity index (χ0) is 25.2. The number of amides is 1. The van der Waals surface area contributed by atoms with E-state index in [4.69, 9.17) is 14.6 Å². The van der Waals surface area contributed by atoms with Crippen molar-refractivity contribution in [1.29, 1.82) is 0 Å². The second-order valence-corrected chi connectivity index (χ2v) is 9.91. The SMILES string of the molecule is COCCO[C@H]1CC[C@@H](Nc2ncc3c(-c4ccc5ncc(C(=O)N6CCCC6)n5c4)ccn3n2)CC1. The minimum absolute atomic E-state index is 0.0403. The molecule has 6 rings (SSSR count). The van der Waals surface area contributed by atoms with E-state index in [0.29, 0.717) is 37.0 Å². The van der Waals surface area contributed by atoms with Gasteiger partial charge in [0.1, 0.15) is 11.3 Å². The highest BCUT2D eigenvalue weighted by Crippen LogP contribution is 2.28. The number of carbonyl (C=O) groups is 1. The van der Waals surface area contributed by atoms with E-state index in [9.17, 15) is 4.79 Å². The first-order chi connectivity index (χ1) is 18.2. The number of hydrogen-bond acceptors (Lipinski definition) is 7. The number of imidazole rings is 1. The molecule has 10 heteroatoms. The lowest BCUT2D eigenvalue weighted by Gasteiger charge is -2.29. The number of anilines is 1. The van der Waals surface area contributed by atoms with Crippen LogP contribution >= 0.6 is 0 Å². The zero-order valence-corrected chi connectivity index (χ0v) is 21.2. The topological polar surface area (TPSA) is 98.3 Å². The third-order valence-corrected chi connectivity index (χ3v) is 7.49. The summed E-state index contributed by atoms with van der Waals surface area (Å²) in [4.78, 5) is 24.0. The third-order valence-electron chi connectivity index (χ3n) is 7.49. The summed E-state index contributed by atoms with van der Waals surface area (Å²) < 4.78 is 14.7. The summed E-state index contributed by atoms with van der Waals surface area (Å²) in [6.07, 6.45) is 14.0. The van der Waals surface area contributed by atoms with E-state index in [-0.39, 0.29) is 5.91 Å². The Hall–Kier alpha value is -3.50. The Kier molecular flexibility index (Phi) is 6.75. The Labute approximate surface area is 215 Å². The van der Waals surface area contributed by atoms with Gasteiger partial charge in [-0.15, -0.1) is 5.10 Å². The molecule has 2 aliphatic rings. The van der Waals surface area contributed by atoms with Crippen molar-refractivity contribution in [2.24, 2.45) is 0 Å². The Morgan fingerprint density at radius 2 is 1.89 bits per heavy atom. The van der Waals surface area contributed by atoms with Crippen LogP contribution in [-0.2, 0) is 9.47 Å². The maximum atomic E-state index is 13.0. The number of rotatable bonds is 8. The number of carbonyl (C=O) groups excluding carboxylic acids is 1. The van der Waals surface area contributed by atoms with Crippen LogP contribution in [-0.4, -0.2) is 80.3 Å². The first-order valence-electron chi connectivity index (χ1n) is 13.2. The van der Waals surface area contributed by atoms with Gasteiger partial charge in [0.15, 0.2) is 0 Å². The number of nitrogens with zero attached hydrogens (tertiary/aromatic N) is 6. The van der Waals surface area contributed by atoms with E-state index >= 15 is 0 Å². The highest BCUT2D eigenvalue weighted by molar-refractivity contribution is 5.93. The van der Waals surface area contributed by atoms with Gasteiger partial charge in [0.05, 0.1) is 37.2 Å². The van der Waals surface area contributed by atoms with E-state index in [1.165, 1.54) is 0 Å². The number of hydrogen-bond donors (Lipinski definition) is 1. The molecule has 1 aliphatic heterocycles. The smallest absolute Gasteiger partial charge is 0.272 e. The molecule has 10 nitrogen and oxygen atoms in total. The summed E-state index contributed by atoms with van der Waals surface area (Å²) in [6, 6.07) is 6.36. The van der Waals surface area contributed by atoms with Crippen LogP contribution in [0, 0.1) is 0 Å². The minimum Gasteiger partial charge on any atom is -0.382 e. The molecule has 1 N–H and O–H groups in total. The summed E-state index contributed by atoms with van der Waals surface area (Å²) in [5.41, 5.74) is 4.27. The van der Waals surface area contributed by atoms with Crippen LogP contribution in [0.1, 0.15) is 49.0 Å². The highest BCUT2D eigenvalue weighted by Gasteiger charge is 2.24. The van der Waals surface area contributed by atoms with Crippen molar-refractivity contribution in [1.82, 2.24) is 28.9 Å². The summed E-state index contributed by atoms with van der Waals surface area (Å²) in [5, 5.41) is 8.21. The van der Waals surface area contributed by atoms with Crippen LogP contribution in [0.25, 0.3) is 22.3 Å². The molecule has 4 aromatic rings. The lowest BCUT2D eigenvalue weighted by Crippen LogP contribution is -2.31. The molecule has 0 bridgehead atoms. The van der Waals surface area contributed by atoms with Crippen LogP contribution in [0.15, 0.2) is 43.0 Å². The molecule has 0 atom stereocenters. The van der Waals surface area contributed by atoms with Gasteiger partial charge in [0, 0.05) is 49.8 Å². The quantitative estimate of drug-likeness (QED) is 0.366. The average molecular weight is 504 g/mol. The van der Waals surface area contributed by atoms with Crippen molar-refractivity contribution in [2.45, 2.75) is 50.7 Å². The molecule has 1 aliphatic carbocycles. The number of fused-ring (bicyclic) bond motifs is 2. The van der Waals surface area contributed by atoms with E-state index in [2.05, 4.69) is 15.3 Å². The Morgan fingerprint density at radius 1 is 1.05 bits per heavy atom. The monoisotopic (exact) mass is 503 g/mol. The lowest BCUT2D eigenvalue weighted by molar-refractivity contribution is -0.00158. The lowest BCUT2D eigenvalue weighted by atomic mass is 9.93. The van der Waals surface area contributed by atoms with Crippen molar-refractivity contribution in [3.63, 3.8) is 0 Å². The van der Waals surface area contributed by atoms with E-state index in [0.717, 1.165) is 73.9 Å². The molecule has 194 valence electrons. The number of ether oxygens (including phenoxy) is 2. The molecule has 4 aromatic heterocycles. The fourth-order valence-corrected chi connectivity index (χ4v) is 5.45. The third kappa shape index (κ3) is 4.91. The van der Waals surface area contributed by atoms with Crippen LogP contribution in [0.5, 0.6) is 0 Å². The van der Waals surface area contributed by atoms with Gasteiger partial charge in [-0.2, -0.15) is 0 Å². The van der Waals surface area contributed by atoms with Gasteiger partial charge in [-0.05, 0) is 56.7 Å². The number of methoxy groups -OCH3 is 1. The predicted molar refractivity (Wildman–Crippen MR) is 140 cm³/mol. The standard InChI is InChI=1S/C27H33N7O3/c1-36-14-15-37-21-7-5-20(6-8-21)30-27-29-16-23-22(10-13-34(23)31-27)19-4-9-25-28-17-24(33(25)18-19)26(35)32-11-2-3-12-32/h4,9-10,13,16-18,20-21H,2-3,5-8,11-12,14-15H2,1H3,(H,30,31)/t20-,21+. The van der Waals surface area contributed by atoms with Gasteiger partial charge in [0.2, 0.25) is 5.95 Å². The summed E-state index contributed by atoms with van der Waals surface area (Å²) in [6.45, 7) is 2.91. The van der Waals surface area contributed by atoms with Gasteiger partial charge < -0.3 is 19.7 Å².